The van der Waals surface area contributed by atoms with Crippen molar-refractivity contribution in [3.63, 3.8) is 0 Å². The fraction of sp³-hybridized carbons (Fsp3) is 0.308. The van der Waals surface area contributed by atoms with E-state index in [4.69, 9.17) is 16.7 Å². The molecule has 3 amide bonds. The van der Waals surface area contributed by atoms with Crippen LogP contribution in [0.1, 0.15) is 25.7 Å². The highest BCUT2D eigenvalue weighted by Crippen LogP contribution is 2.23. The molecule has 21 heavy (non-hydrogen) atoms. The number of imide groups is 1. The van der Waals surface area contributed by atoms with Crippen LogP contribution in [0.25, 0.3) is 0 Å². The second-order valence-electron chi connectivity index (χ2n) is 4.23. The van der Waals surface area contributed by atoms with Gasteiger partial charge >= 0.3 is 12.0 Å². The van der Waals surface area contributed by atoms with Gasteiger partial charge in [0.1, 0.15) is 0 Å². The minimum absolute atomic E-state index is 0.0116. The Balaban J connectivity index is 2.36. The third-order valence-corrected chi connectivity index (χ3v) is 3.46. The number of unbranched alkanes of at least 4 members (excludes halogenated alkanes) is 1. The maximum Gasteiger partial charge on any atom is 0.325 e. The standard InChI is InChI=1S/C13H14ClIN2O4/c14-9-7-8(15)5-6-10(9)16-13(21)17-11(18)3-1-2-4-12(19)20/h5-7H,1-4H2,(H,19,20)(H2,16,17,18,21). The molecule has 0 saturated carbocycles. The minimum Gasteiger partial charge on any atom is -0.481 e. The molecule has 1 aromatic rings. The highest BCUT2D eigenvalue weighted by Gasteiger charge is 2.10. The average Bonchev–Trinajstić information content (AvgIpc) is 2.38. The Kier molecular flexibility index (Phi) is 7.44. The fourth-order valence-corrected chi connectivity index (χ4v) is 2.40. The summed E-state index contributed by atoms with van der Waals surface area (Å²) in [6.45, 7) is 0. The zero-order valence-corrected chi connectivity index (χ0v) is 13.9. The van der Waals surface area contributed by atoms with Crippen molar-refractivity contribution in [1.82, 2.24) is 5.32 Å². The number of carbonyl (C=O) groups excluding carboxylic acids is 2. The molecule has 0 spiro atoms. The number of hydrogen-bond acceptors (Lipinski definition) is 3. The summed E-state index contributed by atoms with van der Waals surface area (Å²) < 4.78 is 0.929. The lowest BCUT2D eigenvalue weighted by molar-refractivity contribution is -0.137. The van der Waals surface area contributed by atoms with Crippen molar-refractivity contribution in [3.8, 4) is 0 Å². The quantitative estimate of drug-likeness (QED) is 0.482. The lowest BCUT2D eigenvalue weighted by Gasteiger charge is -2.08. The maximum atomic E-state index is 11.6. The van der Waals surface area contributed by atoms with E-state index in [9.17, 15) is 14.4 Å². The largest absolute Gasteiger partial charge is 0.481 e. The molecule has 0 atom stereocenters. The molecule has 6 nitrogen and oxygen atoms in total. The molecule has 8 heteroatoms. The molecule has 0 aromatic heterocycles. The lowest BCUT2D eigenvalue weighted by atomic mass is 10.2. The first-order valence-electron chi connectivity index (χ1n) is 6.16. The summed E-state index contributed by atoms with van der Waals surface area (Å²) in [6.07, 6.45) is 0.919. The number of benzene rings is 1. The Hall–Kier alpha value is -1.35. The number of hydrogen-bond donors (Lipinski definition) is 3. The number of urea groups is 1. The third-order valence-electron chi connectivity index (χ3n) is 2.48. The van der Waals surface area contributed by atoms with Gasteiger partial charge in [-0.05, 0) is 53.6 Å². The molecular weight excluding hydrogens is 411 g/mol. The number of halogens is 2. The number of nitrogens with one attached hydrogen (secondary N) is 2. The topological polar surface area (TPSA) is 95.5 Å². The van der Waals surface area contributed by atoms with Gasteiger partial charge < -0.3 is 10.4 Å². The molecule has 3 N–H and O–H groups in total. The molecule has 1 rings (SSSR count). The number of anilines is 1. The normalized spacial score (nSPS) is 10.0. The average molecular weight is 425 g/mol. The second kappa shape index (κ2) is 8.83. The molecule has 0 aliphatic heterocycles. The van der Waals surface area contributed by atoms with Gasteiger partial charge in [0.15, 0.2) is 0 Å². The van der Waals surface area contributed by atoms with Crippen molar-refractivity contribution in [1.29, 1.82) is 0 Å². The van der Waals surface area contributed by atoms with E-state index in [1.165, 1.54) is 0 Å². The van der Waals surface area contributed by atoms with E-state index in [2.05, 4.69) is 33.2 Å². The van der Waals surface area contributed by atoms with Crippen LogP contribution >= 0.6 is 34.2 Å². The molecule has 0 heterocycles. The molecular formula is C13H14ClIN2O4. The predicted molar refractivity (Wildman–Crippen MR) is 87.4 cm³/mol. The first-order valence-corrected chi connectivity index (χ1v) is 7.62. The van der Waals surface area contributed by atoms with Gasteiger partial charge in [0.25, 0.3) is 0 Å². The van der Waals surface area contributed by atoms with Crippen LogP contribution in [0, 0.1) is 3.57 Å². The van der Waals surface area contributed by atoms with Crippen molar-refractivity contribution in [2.45, 2.75) is 25.7 Å². The van der Waals surface area contributed by atoms with Crippen LogP contribution in [-0.2, 0) is 9.59 Å². The summed E-state index contributed by atoms with van der Waals surface area (Å²) in [4.78, 5) is 33.4. The van der Waals surface area contributed by atoms with Crippen molar-refractivity contribution in [3.05, 3.63) is 26.8 Å². The molecule has 0 unspecified atom stereocenters. The minimum atomic E-state index is -0.901. The van der Waals surface area contributed by atoms with Crippen LogP contribution in [0.3, 0.4) is 0 Å². The molecule has 0 bridgehead atoms. The van der Waals surface area contributed by atoms with Gasteiger partial charge in [-0.25, -0.2) is 4.79 Å². The van der Waals surface area contributed by atoms with E-state index in [0.717, 1.165) is 3.57 Å². The van der Waals surface area contributed by atoms with Crippen molar-refractivity contribution in [2.75, 3.05) is 5.32 Å². The Morgan fingerprint density at radius 3 is 2.48 bits per heavy atom. The van der Waals surface area contributed by atoms with Crippen molar-refractivity contribution >= 4 is 57.8 Å². The second-order valence-corrected chi connectivity index (χ2v) is 5.88. The smallest absolute Gasteiger partial charge is 0.325 e. The molecule has 0 saturated heterocycles. The van der Waals surface area contributed by atoms with E-state index in [1.807, 2.05) is 0 Å². The van der Waals surface area contributed by atoms with Gasteiger partial charge in [0.05, 0.1) is 10.7 Å². The van der Waals surface area contributed by atoms with Gasteiger partial charge in [-0.2, -0.15) is 0 Å². The highest BCUT2D eigenvalue weighted by molar-refractivity contribution is 14.1. The predicted octanol–water partition coefficient (Wildman–Crippen LogP) is 3.24. The molecule has 0 radical (unpaired) electrons. The summed E-state index contributed by atoms with van der Waals surface area (Å²) in [6, 6.07) is 4.43. The highest BCUT2D eigenvalue weighted by atomic mass is 127. The molecule has 0 fully saturated rings. The van der Waals surface area contributed by atoms with Crippen LogP contribution in [0.4, 0.5) is 10.5 Å². The van der Waals surface area contributed by atoms with E-state index in [0.29, 0.717) is 23.6 Å². The van der Waals surface area contributed by atoms with Crippen LogP contribution < -0.4 is 10.6 Å². The molecule has 0 aliphatic carbocycles. The zero-order valence-electron chi connectivity index (χ0n) is 11.0. The van der Waals surface area contributed by atoms with Gasteiger partial charge in [0, 0.05) is 16.4 Å². The maximum absolute atomic E-state index is 11.6. The van der Waals surface area contributed by atoms with E-state index in [-0.39, 0.29) is 12.8 Å². The van der Waals surface area contributed by atoms with Crippen molar-refractivity contribution < 1.29 is 19.5 Å². The third kappa shape index (κ3) is 7.28. The van der Waals surface area contributed by atoms with E-state index < -0.39 is 17.9 Å². The number of carboxylic acids is 1. The first-order chi connectivity index (χ1) is 9.88. The Morgan fingerprint density at radius 1 is 1.19 bits per heavy atom. The number of carboxylic acid groups (broad SMARTS) is 1. The van der Waals surface area contributed by atoms with E-state index >= 15 is 0 Å². The molecule has 1 aromatic carbocycles. The SMILES string of the molecule is O=C(O)CCCCC(=O)NC(=O)Nc1ccc(I)cc1Cl. The fourth-order valence-electron chi connectivity index (χ4n) is 1.50. The van der Waals surface area contributed by atoms with Crippen LogP contribution in [0.15, 0.2) is 18.2 Å². The number of carbonyl (C=O) groups is 3. The van der Waals surface area contributed by atoms with Gasteiger partial charge in [-0.15, -0.1) is 0 Å². The number of rotatable bonds is 6. The van der Waals surface area contributed by atoms with Gasteiger partial charge in [-0.1, -0.05) is 11.6 Å². The summed E-state index contributed by atoms with van der Waals surface area (Å²) in [5.41, 5.74) is 0.410. The van der Waals surface area contributed by atoms with E-state index in [1.54, 1.807) is 18.2 Å². The monoisotopic (exact) mass is 424 g/mol. The summed E-state index contributed by atoms with van der Waals surface area (Å²) in [5, 5.41) is 13.5. The van der Waals surface area contributed by atoms with Crippen molar-refractivity contribution in [2.24, 2.45) is 0 Å². The summed E-state index contributed by atoms with van der Waals surface area (Å²) in [5.74, 6) is -1.36. The molecule has 0 aliphatic rings. The summed E-state index contributed by atoms with van der Waals surface area (Å²) >= 11 is 8.04. The lowest BCUT2D eigenvalue weighted by Crippen LogP contribution is -2.34. The number of aliphatic carboxylic acids is 1. The van der Waals surface area contributed by atoms with Crippen LogP contribution in [0.2, 0.25) is 5.02 Å². The van der Waals surface area contributed by atoms with Gasteiger partial charge in [-0.3, -0.25) is 14.9 Å². The zero-order chi connectivity index (χ0) is 15.8. The first kappa shape index (κ1) is 17.7. The van der Waals surface area contributed by atoms with Crippen LogP contribution in [-0.4, -0.2) is 23.0 Å². The Bertz CT molecular complexity index is 551. The Morgan fingerprint density at radius 2 is 1.86 bits per heavy atom. The molecule has 114 valence electrons. The Labute approximate surface area is 140 Å². The summed E-state index contributed by atoms with van der Waals surface area (Å²) in [7, 11) is 0. The van der Waals surface area contributed by atoms with Gasteiger partial charge in [0.2, 0.25) is 5.91 Å². The van der Waals surface area contributed by atoms with Crippen LogP contribution in [0.5, 0.6) is 0 Å². The number of amides is 3.